The number of rotatable bonds is 7. The topological polar surface area (TPSA) is 73.9 Å². The summed E-state index contributed by atoms with van der Waals surface area (Å²) in [5.41, 5.74) is 1.96. The van der Waals surface area contributed by atoms with Crippen LogP contribution in [0.25, 0.3) is 0 Å². The molecular formula is C20H23NO5. The van der Waals surface area contributed by atoms with Crippen LogP contribution in [0, 0.1) is 6.92 Å². The van der Waals surface area contributed by atoms with Gasteiger partial charge >= 0.3 is 5.97 Å². The Hall–Kier alpha value is -3.02. The van der Waals surface area contributed by atoms with Crippen molar-refractivity contribution in [2.24, 2.45) is 0 Å². The molecule has 6 nitrogen and oxygen atoms in total. The molecular weight excluding hydrogens is 334 g/mol. The molecule has 138 valence electrons. The first-order valence-corrected chi connectivity index (χ1v) is 8.34. The van der Waals surface area contributed by atoms with Crippen LogP contribution in [-0.2, 0) is 9.53 Å². The molecule has 2 rings (SSSR count). The number of esters is 1. The quantitative estimate of drug-likeness (QED) is 0.767. The van der Waals surface area contributed by atoms with Crippen molar-refractivity contribution in [3.8, 4) is 11.5 Å². The Balaban J connectivity index is 2.04. The van der Waals surface area contributed by atoms with Gasteiger partial charge in [-0.15, -0.1) is 0 Å². The minimum absolute atomic E-state index is 0.282. The van der Waals surface area contributed by atoms with Crippen LogP contribution in [0.4, 0.5) is 5.69 Å². The molecule has 0 saturated heterocycles. The first kappa shape index (κ1) is 19.3. The third-order valence-electron chi connectivity index (χ3n) is 3.64. The number of amides is 1. The highest BCUT2D eigenvalue weighted by molar-refractivity contribution is 5.97. The molecule has 26 heavy (non-hydrogen) atoms. The smallest absolute Gasteiger partial charge is 0.339 e. The van der Waals surface area contributed by atoms with E-state index >= 15 is 0 Å². The van der Waals surface area contributed by atoms with Crippen molar-refractivity contribution in [2.45, 2.75) is 26.9 Å². The van der Waals surface area contributed by atoms with Crippen molar-refractivity contribution in [1.29, 1.82) is 0 Å². The molecule has 1 atom stereocenters. The maximum Gasteiger partial charge on any atom is 0.339 e. The predicted molar refractivity (Wildman–Crippen MR) is 98.8 cm³/mol. The lowest BCUT2D eigenvalue weighted by Gasteiger charge is -2.15. The molecule has 0 aromatic heterocycles. The van der Waals surface area contributed by atoms with Gasteiger partial charge in [-0.25, -0.2) is 4.79 Å². The third-order valence-corrected chi connectivity index (χ3v) is 3.64. The van der Waals surface area contributed by atoms with Crippen LogP contribution in [0.15, 0.2) is 42.5 Å². The van der Waals surface area contributed by atoms with Crippen molar-refractivity contribution in [3.05, 3.63) is 53.6 Å². The number of anilines is 1. The van der Waals surface area contributed by atoms with E-state index in [1.807, 2.05) is 32.0 Å². The third kappa shape index (κ3) is 4.99. The van der Waals surface area contributed by atoms with Gasteiger partial charge in [0.25, 0.3) is 5.91 Å². The van der Waals surface area contributed by atoms with Gasteiger partial charge in [-0.1, -0.05) is 12.1 Å². The molecule has 0 aliphatic rings. The van der Waals surface area contributed by atoms with E-state index in [0.717, 1.165) is 5.56 Å². The number of ether oxygens (including phenoxy) is 3. The van der Waals surface area contributed by atoms with Gasteiger partial charge in [0.05, 0.1) is 19.3 Å². The number of nitrogens with one attached hydrogen (secondary N) is 1. The number of hydrogen-bond acceptors (Lipinski definition) is 5. The summed E-state index contributed by atoms with van der Waals surface area (Å²) in [6, 6.07) is 12.1. The standard InChI is InChI=1S/C20H23NO5/c1-5-25-18-12-15(9-10-17(18)24-4)20(23)26-14(3)19(22)21-16-8-6-7-13(2)11-16/h6-12,14H,5H2,1-4H3,(H,21,22)/t14-/m0/s1. The van der Waals surface area contributed by atoms with Gasteiger partial charge in [-0.2, -0.15) is 0 Å². The molecule has 2 aromatic rings. The highest BCUT2D eigenvalue weighted by atomic mass is 16.5. The lowest BCUT2D eigenvalue weighted by Crippen LogP contribution is -2.30. The van der Waals surface area contributed by atoms with Crippen molar-refractivity contribution < 1.29 is 23.8 Å². The second-order valence-corrected chi connectivity index (χ2v) is 5.70. The fourth-order valence-corrected chi connectivity index (χ4v) is 2.32. The highest BCUT2D eigenvalue weighted by Gasteiger charge is 2.20. The molecule has 0 aliphatic heterocycles. The SMILES string of the molecule is CCOc1cc(C(=O)O[C@@H](C)C(=O)Nc2cccc(C)c2)ccc1OC. The molecule has 0 fully saturated rings. The van der Waals surface area contributed by atoms with Crippen LogP contribution in [0.5, 0.6) is 11.5 Å². The normalized spacial score (nSPS) is 11.4. The van der Waals surface area contributed by atoms with E-state index in [-0.39, 0.29) is 5.56 Å². The number of carbonyl (C=O) groups excluding carboxylic acids is 2. The molecule has 2 aromatic carbocycles. The monoisotopic (exact) mass is 357 g/mol. The maximum absolute atomic E-state index is 12.3. The van der Waals surface area contributed by atoms with Crippen LogP contribution in [0.3, 0.4) is 0 Å². The number of benzene rings is 2. The second kappa shape index (κ2) is 8.89. The Morgan fingerprint density at radius 1 is 1.12 bits per heavy atom. The molecule has 1 amide bonds. The zero-order valence-electron chi connectivity index (χ0n) is 15.4. The fraction of sp³-hybridized carbons (Fsp3) is 0.300. The van der Waals surface area contributed by atoms with E-state index in [1.54, 1.807) is 18.2 Å². The Morgan fingerprint density at radius 2 is 1.88 bits per heavy atom. The minimum Gasteiger partial charge on any atom is -0.493 e. The Bertz CT molecular complexity index is 788. The summed E-state index contributed by atoms with van der Waals surface area (Å²) in [6.07, 6.45) is -0.944. The van der Waals surface area contributed by atoms with E-state index in [0.29, 0.717) is 23.8 Å². The van der Waals surface area contributed by atoms with Crippen LogP contribution in [0.1, 0.15) is 29.8 Å². The largest absolute Gasteiger partial charge is 0.493 e. The maximum atomic E-state index is 12.3. The van der Waals surface area contributed by atoms with Gasteiger partial charge in [0.2, 0.25) is 0 Å². The first-order chi connectivity index (χ1) is 12.4. The molecule has 1 N–H and O–H groups in total. The van der Waals surface area contributed by atoms with E-state index < -0.39 is 18.0 Å². The van der Waals surface area contributed by atoms with Crippen molar-refractivity contribution in [2.75, 3.05) is 19.0 Å². The van der Waals surface area contributed by atoms with Crippen molar-refractivity contribution >= 4 is 17.6 Å². The van der Waals surface area contributed by atoms with Crippen LogP contribution < -0.4 is 14.8 Å². The van der Waals surface area contributed by atoms with Crippen molar-refractivity contribution in [3.63, 3.8) is 0 Å². The molecule has 0 bridgehead atoms. The molecule has 0 heterocycles. The van der Waals surface area contributed by atoms with Crippen LogP contribution >= 0.6 is 0 Å². The van der Waals surface area contributed by atoms with E-state index in [4.69, 9.17) is 14.2 Å². The summed E-state index contributed by atoms with van der Waals surface area (Å²) in [5.74, 6) is -0.0436. The summed E-state index contributed by atoms with van der Waals surface area (Å²) < 4.78 is 15.9. The number of hydrogen-bond donors (Lipinski definition) is 1. The molecule has 0 unspecified atom stereocenters. The second-order valence-electron chi connectivity index (χ2n) is 5.70. The van der Waals surface area contributed by atoms with E-state index in [1.165, 1.54) is 20.1 Å². The van der Waals surface area contributed by atoms with E-state index in [2.05, 4.69) is 5.32 Å². The fourth-order valence-electron chi connectivity index (χ4n) is 2.32. The average Bonchev–Trinajstić information content (AvgIpc) is 2.61. The Morgan fingerprint density at radius 3 is 2.54 bits per heavy atom. The zero-order valence-corrected chi connectivity index (χ0v) is 15.4. The van der Waals surface area contributed by atoms with Crippen LogP contribution in [-0.4, -0.2) is 31.7 Å². The lowest BCUT2D eigenvalue weighted by atomic mass is 10.2. The zero-order chi connectivity index (χ0) is 19.1. The summed E-state index contributed by atoms with van der Waals surface area (Å²) >= 11 is 0. The summed E-state index contributed by atoms with van der Waals surface area (Å²) in [7, 11) is 1.52. The number of aryl methyl sites for hydroxylation is 1. The van der Waals surface area contributed by atoms with Gasteiger partial charge in [0.15, 0.2) is 17.6 Å². The predicted octanol–water partition coefficient (Wildman–Crippen LogP) is 3.59. The Kier molecular flexibility index (Phi) is 6.60. The lowest BCUT2D eigenvalue weighted by molar-refractivity contribution is -0.123. The summed E-state index contributed by atoms with van der Waals surface area (Å²) in [5, 5.41) is 2.73. The highest BCUT2D eigenvalue weighted by Crippen LogP contribution is 2.28. The van der Waals surface area contributed by atoms with E-state index in [9.17, 15) is 9.59 Å². The van der Waals surface area contributed by atoms with Crippen LogP contribution in [0.2, 0.25) is 0 Å². The molecule has 6 heteroatoms. The van der Waals surface area contributed by atoms with Gasteiger partial charge in [0, 0.05) is 5.69 Å². The molecule has 0 radical (unpaired) electrons. The van der Waals surface area contributed by atoms with Gasteiger partial charge in [-0.05, 0) is 56.7 Å². The van der Waals surface area contributed by atoms with Crippen molar-refractivity contribution in [1.82, 2.24) is 0 Å². The number of carbonyl (C=O) groups is 2. The summed E-state index contributed by atoms with van der Waals surface area (Å²) in [6.45, 7) is 5.72. The van der Waals surface area contributed by atoms with Gasteiger partial charge < -0.3 is 19.5 Å². The molecule has 0 spiro atoms. The average molecular weight is 357 g/mol. The molecule has 0 aliphatic carbocycles. The Labute approximate surface area is 153 Å². The van der Waals surface area contributed by atoms with Gasteiger partial charge in [0.1, 0.15) is 0 Å². The van der Waals surface area contributed by atoms with Gasteiger partial charge in [-0.3, -0.25) is 4.79 Å². The molecule has 0 saturated carbocycles. The number of methoxy groups -OCH3 is 1. The first-order valence-electron chi connectivity index (χ1n) is 8.34. The minimum atomic E-state index is -0.944. The summed E-state index contributed by atoms with van der Waals surface area (Å²) in [4.78, 5) is 24.6.